The van der Waals surface area contributed by atoms with E-state index in [-0.39, 0.29) is 10.9 Å². The van der Waals surface area contributed by atoms with Gasteiger partial charge in [-0.05, 0) is 66.1 Å². The van der Waals surface area contributed by atoms with E-state index >= 15 is 0 Å². The molecule has 1 aliphatic carbocycles. The van der Waals surface area contributed by atoms with E-state index < -0.39 is 10.0 Å². The highest BCUT2D eigenvalue weighted by molar-refractivity contribution is 7.89. The summed E-state index contributed by atoms with van der Waals surface area (Å²) in [6.45, 7) is 4.40. The number of hydrogen-bond acceptors (Lipinski definition) is 2. The fourth-order valence-corrected chi connectivity index (χ4v) is 4.78. The van der Waals surface area contributed by atoms with Gasteiger partial charge in [0.1, 0.15) is 0 Å². The van der Waals surface area contributed by atoms with E-state index in [0.717, 1.165) is 19.3 Å². The van der Waals surface area contributed by atoms with E-state index in [1.54, 1.807) is 12.1 Å². The molecule has 0 saturated carbocycles. The maximum absolute atomic E-state index is 12.5. The molecule has 0 spiro atoms. The third-order valence-corrected chi connectivity index (χ3v) is 6.37. The zero-order chi connectivity index (χ0) is 17.3. The molecular formula is C19H22ClNO2S. The van der Waals surface area contributed by atoms with Gasteiger partial charge < -0.3 is 0 Å². The summed E-state index contributed by atoms with van der Waals surface area (Å²) in [7, 11) is -3.51. The maximum atomic E-state index is 12.5. The van der Waals surface area contributed by atoms with Crippen molar-refractivity contribution in [3.05, 3.63) is 64.2 Å². The Morgan fingerprint density at radius 2 is 1.83 bits per heavy atom. The lowest BCUT2D eigenvalue weighted by Gasteiger charge is -2.28. The van der Waals surface area contributed by atoms with E-state index in [0.29, 0.717) is 10.9 Å². The molecule has 0 radical (unpaired) electrons. The molecule has 0 fully saturated rings. The van der Waals surface area contributed by atoms with Gasteiger partial charge in [-0.1, -0.05) is 43.6 Å². The quantitative estimate of drug-likeness (QED) is 0.880. The van der Waals surface area contributed by atoms with Gasteiger partial charge in [-0.15, -0.1) is 0 Å². The first kappa shape index (κ1) is 17.5. The highest BCUT2D eigenvalue weighted by atomic mass is 35.5. The molecule has 3 rings (SSSR count). The Morgan fingerprint density at radius 1 is 1.12 bits per heavy atom. The van der Waals surface area contributed by atoms with Crippen LogP contribution < -0.4 is 4.72 Å². The summed E-state index contributed by atoms with van der Waals surface area (Å²) in [6.07, 6.45) is 2.48. The van der Waals surface area contributed by atoms with Crippen LogP contribution >= 0.6 is 11.6 Å². The van der Waals surface area contributed by atoms with E-state index in [2.05, 4.69) is 36.8 Å². The first-order valence-corrected chi connectivity index (χ1v) is 10.1. The lowest BCUT2D eigenvalue weighted by molar-refractivity contribution is 0.505. The van der Waals surface area contributed by atoms with Gasteiger partial charge in [0.2, 0.25) is 10.0 Å². The van der Waals surface area contributed by atoms with Gasteiger partial charge in [0.05, 0.1) is 4.90 Å². The van der Waals surface area contributed by atoms with E-state index in [1.165, 1.54) is 28.8 Å². The SMILES string of the molecule is CC(C)c1cccc2c1CCC(NS(=O)(=O)c1ccc(Cl)cc1)C2. The number of nitrogens with one attached hydrogen (secondary N) is 1. The smallest absolute Gasteiger partial charge is 0.208 e. The molecule has 0 aromatic heterocycles. The number of hydrogen-bond donors (Lipinski definition) is 1. The first-order valence-electron chi connectivity index (χ1n) is 8.25. The van der Waals surface area contributed by atoms with Crippen LogP contribution in [0, 0.1) is 0 Å². The Balaban J connectivity index is 1.79. The number of benzene rings is 2. The third-order valence-electron chi connectivity index (χ3n) is 4.59. The lowest BCUT2D eigenvalue weighted by Crippen LogP contribution is -2.39. The van der Waals surface area contributed by atoms with Crippen molar-refractivity contribution in [1.29, 1.82) is 0 Å². The summed E-state index contributed by atoms with van der Waals surface area (Å²) in [4.78, 5) is 0.258. The number of sulfonamides is 1. The summed E-state index contributed by atoms with van der Waals surface area (Å²) >= 11 is 5.83. The molecule has 2 aromatic carbocycles. The van der Waals surface area contributed by atoms with Crippen molar-refractivity contribution in [3.63, 3.8) is 0 Å². The zero-order valence-electron chi connectivity index (χ0n) is 13.9. The monoisotopic (exact) mass is 363 g/mol. The molecule has 24 heavy (non-hydrogen) atoms. The Kier molecular flexibility index (Phi) is 5.00. The second-order valence-corrected chi connectivity index (χ2v) is 8.80. The van der Waals surface area contributed by atoms with E-state index in [4.69, 9.17) is 11.6 Å². The standard InChI is InChI=1S/C19H22ClNO2S/c1-13(2)18-5-3-4-14-12-16(8-11-19(14)18)21-24(22,23)17-9-6-15(20)7-10-17/h3-7,9-10,13,16,21H,8,11-12H2,1-2H3. The van der Waals surface area contributed by atoms with Gasteiger partial charge in [0.25, 0.3) is 0 Å². The van der Waals surface area contributed by atoms with Crippen molar-refractivity contribution in [2.24, 2.45) is 0 Å². The molecule has 0 amide bonds. The number of rotatable bonds is 4. The molecule has 3 nitrogen and oxygen atoms in total. The molecule has 1 aliphatic rings. The zero-order valence-corrected chi connectivity index (χ0v) is 15.5. The predicted molar refractivity (Wildman–Crippen MR) is 98.1 cm³/mol. The number of halogens is 1. The van der Waals surface area contributed by atoms with Crippen LogP contribution in [0.1, 0.15) is 42.9 Å². The highest BCUT2D eigenvalue weighted by Crippen LogP contribution is 2.29. The van der Waals surface area contributed by atoms with Gasteiger partial charge in [0.15, 0.2) is 0 Å². The summed E-state index contributed by atoms with van der Waals surface area (Å²) in [5, 5.41) is 0.529. The predicted octanol–water partition coefficient (Wildman–Crippen LogP) is 4.30. The van der Waals surface area contributed by atoms with Crippen LogP contribution in [0.15, 0.2) is 47.4 Å². The Hall–Kier alpha value is -1.36. The molecule has 1 N–H and O–H groups in total. The van der Waals surface area contributed by atoms with Gasteiger partial charge in [-0.3, -0.25) is 0 Å². The van der Waals surface area contributed by atoms with Crippen molar-refractivity contribution in [2.45, 2.75) is 50.0 Å². The minimum Gasteiger partial charge on any atom is -0.208 e. The van der Waals surface area contributed by atoms with E-state index in [9.17, 15) is 8.42 Å². The lowest BCUT2D eigenvalue weighted by atomic mass is 9.83. The Labute approximate surface area is 149 Å². The van der Waals surface area contributed by atoms with Gasteiger partial charge >= 0.3 is 0 Å². The molecule has 128 valence electrons. The normalized spacial score (nSPS) is 17.8. The van der Waals surface area contributed by atoms with Crippen LogP contribution in [0.3, 0.4) is 0 Å². The molecule has 0 aliphatic heterocycles. The number of fused-ring (bicyclic) bond motifs is 1. The fourth-order valence-electron chi connectivity index (χ4n) is 3.38. The second kappa shape index (κ2) is 6.87. The van der Waals surface area contributed by atoms with Crippen LogP contribution in [0.4, 0.5) is 0 Å². The largest absolute Gasteiger partial charge is 0.240 e. The molecule has 0 heterocycles. The molecule has 1 unspecified atom stereocenters. The average Bonchev–Trinajstić information content (AvgIpc) is 2.54. The topological polar surface area (TPSA) is 46.2 Å². The van der Waals surface area contributed by atoms with Crippen molar-refractivity contribution in [1.82, 2.24) is 4.72 Å². The van der Waals surface area contributed by atoms with Crippen LogP contribution in [0.25, 0.3) is 0 Å². The summed E-state index contributed by atoms with van der Waals surface area (Å²) in [5.74, 6) is 0.488. The summed E-state index contributed by atoms with van der Waals surface area (Å²) < 4.78 is 27.9. The minimum absolute atomic E-state index is 0.0689. The third kappa shape index (κ3) is 3.66. The first-order chi connectivity index (χ1) is 11.4. The van der Waals surface area contributed by atoms with Crippen LogP contribution in [-0.2, 0) is 22.9 Å². The molecule has 0 bridgehead atoms. The van der Waals surface area contributed by atoms with Crippen molar-refractivity contribution >= 4 is 21.6 Å². The molecule has 5 heteroatoms. The van der Waals surface area contributed by atoms with Crippen LogP contribution in [0.2, 0.25) is 5.02 Å². The second-order valence-electron chi connectivity index (χ2n) is 6.65. The molecule has 1 atom stereocenters. The Bertz CT molecular complexity index is 829. The highest BCUT2D eigenvalue weighted by Gasteiger charge is 2.25. The van der Waals surface area contributed by atoms with Crippen molar-refractivity contribution < 1.29 is 8.42 Å². The summed E-state index contributed by atoms with van der Waals surface area (Å²) in [5.41, 5.74) is 4.04. The van der Waals surface area contributed by atoms with Gasteiger partial charge in [0, 0.05) is 11.1 Å². The average molecular weight is 364 g/mol. The maximum Gasteiger partial charge on any atom is 0.240 e. The van der Waals surface area contributed by atoms with Crippen molar-refractivity contribution in [2.75, 3.05) is 0 Å². The van der Waals surface area contributed by atoms with E-state index in [1.807, 2.05) is 0 Å². The molecule has 0 saturated heterocycles. The van der Waals surface area contributed by atoms with Crippen molar-refractivity contribution in [3.8, 4) is 0 Å². The molecule has 2 aromatic rings. The van der Waals surface area contributed by atoms with Crippen LogP contribution in [0.5, 0.6) is 0 Å². The van der Waals surface area contributed by atoms with Gasteiger partial charge in [-0.25, -0.2) is 13.1 Å². The minimum atomic E-state index is -3.51. The molecular weight excluding hydrogens is 342 g/mol. The Morgan fingerprint density at radius 3 is 2.50 bits per heavy atom. The fraction of sp³-hybridized carbons (Fsp3) is 0.368. The summed E-state index contributed by atoms with van der Waals surface area (Å²) in [6, 6.07) is 12.6. The van der Waals surface area contributed by atoms with Crippen LogP contribution in [-0.4, -0.2) is 14.5 Å². The van der Waals surface area contributed by atoms with Gasteiger partial charge in [-0.2, -0.15) is 0 Å².